The number of carbonyl (C=O) groups is 1. The predicted molar refractivity (Wildman–Crippen MR) is 107 cm³/mol. The summed E-state index contributed by atoms with van der Waals surface area (Å²) in [5.74, 6) is -0.0309. The Kier molecular flexibility index (Phi) is 4.64. The van der Waals surface area contributed by atoms with Crippen molar-refractivity contribution < 1.29 is 9.53 Å². The van der Waals surface area contributed by atoms with Crippen LogP contribution in [0.3, 0.4) is 0 Å². The zero-order valence-electron chi connectivity index (χ0n) is 15.5. The maximum atomic E-state index is 13.0. The number of ether oxygens (including phenoxy) is 1. The SMILES string of the molecule is CC(C)n1cc(-c2ccc(N3CCOc4ncnc(N)c4C3=O)cc2Cl)cn1. The number of nitrogens with zero attached hydrogens (tertiary/aromatic N) is 5. The highest BCUT2D eigenvalue weighted by atomic mass is 35.5. The van der Waals surface area contributed by atoms with Crippen molar-refractivity contribution in [1.82, 2.24) is 19.7 Å². The maximum Gasteiger partial charge on any atom is 0.267 e. The zero-order valence-corrected chi connectivity index (χ0v) is 16.2. The molecule has 8 nitrogen and oxygen atoms in total. The first kappa shape index (κ1) is 18.2. The summed E-state index contributed by atoms with van der Waals surface area (Å²) in [5, 5.41) is 4.88. The van der Waals surface area contributed by atoms with E-state index in [2.05, 4.69) is 28.9 Å². The minimum atomic E-state index is -0.318. The molecular weight excluding hydrogens is 380 g/mol. The minimum absolute atomic E-state index is 0.0886. The van der Waals surface area contributed by atoms with Crippen LogP contribution in [-0.4, -0.2) is 38.8 Å². The van der Waals surface area contributed by atoms with E-state index >= 15 is 0 Å². The standard InChI is InChI=1S/C19H19ClN6O2/c1-11(2)26-9-12(8-24-26)14-4-3-13(7-15(14)20)25-5-6-28-18-16(19(25)27)17(21)22-10-23-18/h3-4,7-11H,5-6H2,1-2H3,(H2,21,22,23). The fraction of sp³-hybridized carbons (Fsp3) is 0.263. The Bertz CT molecular complexity index is 1050. The fourth-order valence-corrected chi connectivity index (χ4v) is 3.36. The molecule has 1 amide bonds. The van der Waals surface area contributed by atoms with Gasteiger partial charge in [0.25, 0.3) is 5.91 Å². The van der Waals surface area contributed by atoms with Crippen LogP contribution in [-0.2, 0) is 0 Å². The molecular formula is C19H19ClN6O2. The highest BCUT2D eigenvalue weighted by Crippen LogP contribution is 2.34. The van der Waals surface area contributed by atoms with Crippen LogP contribution >= 0.6 is 11.6 Å². The summed E-state index contributed by atoms with van der Waals surface area (Å²) in [6, 6.07) is 5.74. The molecule has 0 bridgehead atoms. The van der Waals surface area contributed by atoms with E-state index in [1.54, 1.807) is 17.2 Å². The predicted octanol–water partition coefficient (Wildman–Crippen LogP) is 3.20. The van der Waals surface area contributed by atoms with Gasteiger partial charge in [0.05, 0.1) is 17.8 Å². The minimum Gasteiger partial charge on any atom is -0.475 e. The zero-order chi connectivity index (χ0) is 19.8. The number of hydrogen-bond donors (Lipinski definition) is 1. The van der Waals surface area contributed by atoms with Gasteiger partial charge in [0, 0.05) is 29.1 Å². The molecule has 4 rings (SSSR count). The van der Waals surface area contributed by atoms with Crippen molar-refractivity contribution in [2.24, 2.45) is 0 Å². The van der Waals surface area contributed by atoms with E-state index < -0.39 is 0 Å². The molecule has 9 heteroatoms. The molecule has 0 saturated heterocycles. The van der Waals surface area contributed by atoms with Crippen molar-refractivity contribution in [3.8, 4) is 17.0 Å². The van der Waals surface area contributed by atoms with Crippen molar-refractivity contribution in [2.45, 2.75) is 19.9 Å². The van der Waals surface area contributed by atoms with E-state index in [1.165, 1.54) is 6.33 Å². The van der Waals surface area contributed by atoms with E-state index in [-0.39, 0.29) is 35.8 Å². The van der Waals surface area contributed by atoms with Gasteiger partial charge in [-0.1, -0.05) is 17.7 Å². The summed E-state index contributed by atoms with van der Waals surface area (Å²) in [5.41, 5.74) is 8.46. The van der Waals surface area contributed by atoms with Crippen LogP contribution in [0.15, 0.2) is 36.9 Å². The molecule has 144 valence electrons. The number of hydrogen-bond acceptors (Lipinski definition) is 6. The molecule has 0 spiro atoms. The first-order valence-corrected chi connectivity index (χ1v) is 9.22. The van der Waals surface area contributed by atoms with E-state index in [1.807, 2.05) is 23.0 Å². The third-order valence-electron chi connectivity index (χ3n) is 4.56. The highest BCUT2D eigenvalue weighted by molar-refractivity contribution is 6.33. The number of benzene rings is 1. The van der Waals surface area contributed by atoms with Gasteiger partial charge < -0.3 is 15.4 Å². The lowest BCUT2D eigenvalue weighted by atomic mass is 10.1. The van der Waals surface area contributed by atoms with Gasteiger partial charge in [-0.2, -0.15) is 5.10 Å². The van der Waals surface area contributed by atoms with Gasteiger partial charge in [-0.15, -0.1) is 0 Å². The Labute approximate surface area is 166 Å². The first-order chi connectivity index (χ1) is 13.5. The topological polar surface area (TPSA) is 99.2 Å². The summed E-state index contributed by atoms with van der Waals surface area (Å²) < 4.78 is 7.43. The Morgan fingerprint density at radius 1 is 1.29 bits per heavy atom. The third-order valence-corrected chi connectivity index (χ3v) is 4.87. The van der Waals surface area contributed by atoms with Gasteiger partial charge in [-0.05, 0) is 26.0 Å². The second kappa shape index (κ2) is 7.12. The van der Waals surface area contributed by atoms with Crippen LogP contribution in [0.5, 0.6) is 5.88 Å². The number of fused-ring (bicyclic) bond motifs is 1. The van der Waals surface area contributed by atoms with Crippen molar-refractivity contribution in [2.75, 3.05) is 23.8 Å². The monoisotopic (exact) mass is 398 g/mol. The highest BCUT2D eigenvalue weighted by Gasteiger charge is 2.29. The quantitative estimate of drug-likeness (QED) is 0.727. The Hall–Kier alpha value is -3.13. The number of nitrogens with two attached hydrogens (primary N) is 1. The van der Waals surface area contributed by atoms with Crippen LogP contribution in [0.25, 0.3) is 11.1 Å². The lowest BCUT2D eigenvalue weighted by Crippen LogP contribution is -2.32. The van der Waals surface area contributed by atoms with Gasteiger partial charge in [0.1, 0.15) is 24.3 Å². The number of halogens is 1. The van der Waals surface area contributed by atoms with Crippen molar-refractivity contribution in [1.29, 1.82) is 0 Å². The molecule has 3 aromatic rings. The normalized spacial score (nSPS) is 14.0. The number of anilines is 2. The van der Waals surface area contributed by atoms with Gasteiger partial charge in [-0.3, -0.25) is 9.48 Å². The molecule has 0 aliphatic carbocycles. The van der Waals surface area contributed by atoms with E-state index in [9.17, 15) is 4.79 Å². The smallest absolute Gasteiger partial charge is 0.267 e. The Balaban J connectivity index is 1.69. The molecule has 2 N–H and O–H groups in total. The number of rotatable bonds is 3. The molecule has 28 heavy (non-hydrogen) atoms. The maximum absolute atomic E-state index is 13.0. The van der Waals surface area contributed by atoms with Crippen molar-refractivity contribution >= 4 is 29.0 Å². The van der Waals surface area contributed by atoms with Crippen LogP contribution in [0.1, 0.15) is 30.2 Å². The lowest BCUT2D eigenvalue weighted by molar-refractivity contribution is 0.0990. The average molecular weight is 399 g/mol. The lowest BCUT2D eigenvalue weighted by Gasteiger charge is -2.21. The summed E-state index contributed by atoms with van der Waals surface area (Å²) in [6.07, 6.45) is 5.00. The van der Waals surface area contributed by atoms with Crippen molar-refractivity contribution in [3.63, 3.8) is 0 Å². The third kappa shape index (κ3) is 3.16. The van der Waals surface area contributed by atoms with Crippen LogP contribution in [0.2, 0.25) is 5.02 Å². The number of amides is 1. The fourth-order valence-electron chi connectivity index (χ4n) is 3.07. The largest absolute Gasteiger partial charge is 0.475 e. The molecule has 3 heterocycles. The second-order valence-corrected chi connectivity index (χ2v) is 7.12. The summed E-state index contributed by atoms with van der Waals surface area (Å²) in [4.78, 5) is 22.5. The first-order valence-electron chi connectivity index (χ1n) is 8.85. The second-order valence-electron chi connectivity index (χ2n) is 6.71. The van der Waals surface area contributed by atoms with E-state index in [4.69, 9.17) is 22.1 Å². The van der Waals surface area contributed by atoms with E-state index in [0.29, 0.717) is 17.3 Å². The molecule has 2 aromatic heterocycles. The van der Waals surface area contributed by atoms with Gasteiger partial charge in [0.15, 0.2) is 0 Å². The molecule has 1 aliphatic rings. The molecule has 1 aliphatic heterocycles. The molecule has 0 fully saturated rings. The number of nitrogen functional groups attached to an aromatic ring is 1. The Morgan fingerprint density at radius 3 is 2.82 bits per heavy atom. The van der Waals surface area contributed by atoms with Gasteiger partial charge in [0.2, 0.25) is 5.88 Å². The number of carbonyl (C=O) groups excluding carboxylic acids is 1. The molecule has 0 saturated carbocycles. The van der Waals surface area contributed by atoms with E-state index in [0.717, 1.165) is 11.1 Å². The van der Waals surface area contributed by atoms with Gasteiger partial charge >= 0.3 is 0 Å². The van der Waals surface area contributed by atoms with Crippen LogP contribution < -0.4 is 15.4 Å². The summed E-state index contributed by atoms with van der Waals surface area (Å²) in [6.45, 7) is 4.74. The summed E-state index contributed by atoms with van der Waals surface area (Å²) in [7, 11) is 0. The average Bonchev–Trinajstić information content (AvgIpc) is 3.08. The molecule has 0 radical (unpaired) electrons. The molecule has 1 aromatic carbocycles. The molecule has 0 atom stereocenters. The van der Waals surface area contributed by atoms with Crippen LogP contribution in [0, 0.1) is 0 Å². The van der Waals surface area contributed by atoms with Gasteiger partial charge in [-0.25, -0.2) is 9.97 Å². The molecule has 0 unspecified atom stereocenters. The van der Waals surface area contributed by atoms with Crippen LogP contribution in [0.4, 0.5) is 11.5 Å². The summed E-state index contributed by atoms with van der Waals surface area (Å²) >= 11 is 6.54. The Morgan fingerprint density at radius 2 is 2.11 bits per heavy atom. The van der Waals surface area contributed by atoms with Crippen molar-refractivity contribution in [3.05, 3.63) is 47.5 Å². The number of aromatic nitrogens is 4.